The molecule has 1 aliphatic rings. The number of ether oxygens (including phenoxy) is 2. The van der Waals surface area contributed by atoms with Crippen LogP contribution in [0.2, 0.25) is 0 Å². The number of rotatable bonds is 6. The first kappa shape index (κ1) is 12.0. The summed E-state index contributed by atoms with van der Waals surface area (Å²) in [6, 6.07) is 0. The van der Waals surface area contributed by atoms with Crippen molar-refractivity contribution in [3.8, 4) is 0 Å². The van der Waals surface area contributed by atoms with Gasteiger partial charge < -0.3 is 14.0 Å². The number of hydrogen-bond acceptors (Lipinski definition) is 6. The first-order chi connectivity index (χ1) is 8.23. The fourth-order valence-electron chi connectivity index (χ4n) is 1.60. The van der Waals surface area contributed by atoms with Gasteiger partial charge in [0.15, 0.2) is 5.82 Å². The fraction of sp³-hybridized carbons (Fsp3) is 0.727. The zero-order chi connectivity index (χ0) is 12.3. The first-order valence-corrected chi connectivity index (χ1v) is 5.81. The highest BCUT2D eigenvalue weighted by atomic mass is 16.5. The molecule has 6 nitrogen and oxygen atoms in total. The third-order valence-electron chi connectivity index (χ3n) is 2.73. The molecule has 0 atom stereocenters. The minimum atomic E-state index is -0.687. The maximum atomic E-state index is 11.8. The van der Waals surface area contributed by atoms with Gasteiger partial charge in [-0.25, -0.2) is 0 Å². The summed E-state index contributed by atoms with van der Waals surface area (Å²) in [6.07, 6.45) is 1.42. The summed E-state index contributed by atoms with van der Waals surface area (Å²) in [4.78, 5) is 16.0. The van der Waals surface area contributed by atoms with Gasteiger partial charge in [-0.05, 0) is 26.7 Å². The van der Waals surface area contributed by atoms with E-state index in [1.807, 2.05) is 6.92 Å². The van der Waals surface area contributed by atoms with Gasteiger partial charge >= 0.3 is 5.97 Å². The van der Waals surface area contributed by atoms with E-state index in [1.165, 1.54) is 0 Å². The highest BCUT2D eigenvalue weighted by Crippen LogP contribution is 2.48. The molecule has 0 radical (unpaired) electrons. The van der Waals surface area contributed by atoms with Crippen LogP contribution in [0.1, 0.15) is 38.4 Å². The molecule has 1 saturated carbocycles. The van der Waals surface area contributed by atoms with Crippen LogP contribution in [-0.4, -0.2) is 29.3 Å². The molecule has 1 aromatic rings. The molecule has 1 aromatic heterocycles. The molecule has 0 aliphatic heterocycles. The van der Waals surface area contributed by atoms with Crippen LogP contribution in [0.25, 0.3) is 0 Å². The van der Waals surface area contributed by atoms with E-state index in [0.717, 1.165) is 0 Å². The topological polar surface area (TPSA) is 74.5 Å². The SMILES string of the molecule is CCOCc1noc(C2(C(=O)OCC)CC2)n1. The van der Waals surface area contributed by atoms with Crippen molar-refractivity contribution >= 4 is 5.97 Å². The van der Waals surface area contributed by atoms with Gasteiger partial charge in [0.2, 0.25) is 5.89 Å². The third-order valence-corrected chi connectivity index (χ3v) is 2.73. The van der Waals surface area contributed by atoms with Gasteiger partial charge in [-0.15, -0.1) is 0 Å². The van der Waals surface area contributed by atoms with E-state index < -0.39 is 5.41 Å². The molecule has 0 bridgehead atoms. The molecule has 94 valence electrons. The molecule has 0 spiro atoms. The molecule has 0 amide bonds. The molecule has 1 aliphatic carbocycles. The van der Waals surface area contributed by atoms with E-state index in [4.69, 9.17) is 14.0 Å². The quantitative estimate of drug-likeness (QED) is 0.695. The van der Waals surface area contributed by atoms with E-state index in [2.05, 4.69) is 10.1 Å². The fourth-order valence-corrected chi connectivity index (χ4v) is 1.60. The summed E-state index contributed by atoms with van der Waals surface area (Å²) < 4.78 is 15.3. The lowest BCUT2D eigenvalue weighted by atomic mass is 10.1. The van der Waals surface area contributed by atoms with Crippen LogP contribution in [0.5, 0.6) is 0 Å². The second-order valence-corrected chi connectivity index (χ2v) is 3.96. The van der Waals surface area contributed by atoms with Crippen molar-refractivity contribution in [3.63, 3.8) is 0 Å². The van der Waals surface area contributed by atoms with Crippen LogP contribution in [0.15, 0.2) is 4.52 Å². The first-order valence-electron chi connectivity index (χ1n) is 5.81. The third kappa shape index (κ3) is 2.31. The standard InChI is InChI=1S/C11H16N2O4/c1-3-15-7-8-12-9(17-13-8)11(5-6-11)10(14)16-4-2/h3-7H2,1-2H3. The van der Waals surface area contributed by atoms with Gasteiger partial charge in [0.05, 0.1) is 6.61 Å². The Morgan fingerprint density at radius 1 is 1.41 bits per heavy atom. The minimum Gasteiger partial charge on any atom is -0.465 e. The highest BCUT2D eigenvalue weighted by Gasteiger charge is 2.57. The number of hydrogen-bond donors (Lipinski definition) is 0. The van der Waals surface area contributed by atoms with Crippen molar-refractivity contribution in [2.75, 3.05) is 13.2 Å². The number of carbonyl (C=O) groups is 1. The summed E-state index contributed by atoms with van der Waals surface area (Å²) in [5.74, 6) is 0.551. The van der Waals surface area contributed by atoms with Gasteiger partial charge in [-0.3, -0.25) is 4.79 Å². The van der Waals surface area contributed by atoms with E-state index in [9.17, 15) is 4.79 Å². The van der Waals surface area contributed by atoms with Crippen molar-refractivity contribution < 1.29 is 18.8 Å². The highest BCUT2D eigenvalue weighted by molar-refractivity contribution is 5.85. The Hall–Kier alpha value is -1.43. The second kappa shape index (κ2) is 4.83. The largest absolute Gasteiger partial charge is 0.465 e. The van der Waals surface area contributed by atoms with Crippen LogP contribution in [0, 0.1) is 0 Å². The zero-order valence-corrected chi connectivity index (χ0v) is 10.1. The second-order valence-electron chi connectivity index (χ2n) is 3.96. The summed E-state index contributed by atoms with van der Waals surface area (Å²) in [6.45, 7) is 4.93. The monoisotopic (exact) mass is 240 g/mol. The van der Waals surface area contributed by atoms with E-state index in [1.54, 1.807) is 6.92 Å². The van der Waals surface area contributed by atoms with Gasteiger partial charge in [0.1, 0.15) is 12.0 Å². The average Bonchev–Trinajstić information content (AvgIpc) is 3.01. The van der Waals surface area contributed by atoms with Crippen molar-refractivity contribution in [1.82, 2.24) is 10.1 Å². The summed E-state index contributed by atoms with van der Waals surface area (Å²) in [7, 11) is 0. The van der Waals surface area contributed by atoms with Crippen molar-refractivity contribution in [2.24, 2.45) is 0 Å². The molecule has 17 heavy (non-hydrogen) atoms. The van der Waals surface area contributed by atoms with Gasteiger partial charge in [0.25, 0.3) is 0 Å². The predicted octanol–water partition coefficient (Wildman–Crippen LogP) is 1.20. The molecule has 2 rings (SSSR count). The predicted molar refractivity (Wildman–Crippen MR) is 57.2 cm³/mol. The van der Waals surface area contributed by atoms with Crippen LogP contribution in [-0.2, 0) is 26.3 Å². The van der Waals surface area contributed by atoms with Crippen molar-refractivity contribution in [3.05, 3.63) is 11.7 Å². The molecule has 1 fully saturated rings. The summed E-state index contributed by atoms with van der Waals surface area (Å²) in [5.41, 5.74) is -0.687. The Labute approximate surface area is 99.3 Å². The minimum absolute atomic E-state index is 0.272. The van der Waals surface area contributed by atoms with E-state index >= 15 is 0 Å². The molecular formula is C11H16N2O4. The zero-order valence-electron chi connectivity index (χ0n) is 10.1. The summed E-state index contributed by atoms with van der Waals surface area (Å²) in [5, 5.41) is 3.78. The Morgan fingerprint density at radius 3 is 2.76 bits per heavy atom. The van der Waals surface area contributed by atoms with Gasteiger partial charge in [0, 0.05) is 6.61 Å². The lowest BCUT2D eigenvalue weighted by Gasteiger charge is -2.07. The Balaban J connectivity index is 2.06. The smallest absolute Gasteiger partial charge is 0.321 e. The normalized spacial score (nSPS) is 16.8. The molecule has 0 aromatic carbocycles. The Kier molecular flexibility index (Phi) is 3.42. The Bertz CT molecular complexity index is 398. The molecule has 0 saturated heterocycles. The number of aromatic nitrogens is 2. The number of nitrogens with zero attached hydrogens (tertiary/aromatic N) is 2. The van der Waals surface area contributed by atoms with Crippen LogP contribution < -0.4 is 0 Å². The van der Waals surface area contributed by atoms with E-state index in [-0.39, 0.29) is 5.97 Å². The van der Waals surface area contributed by atoms with E-state index in [0.29, 0.717) is 44.4 Å². The molecule has 0 N–H and O–H groups in total. The maximum Gasteiger partial charge on any atom is 0.321 e. The molecule has 1 heterocycles. The van der Waals surface area contributed by atoms with Crippen LogP contribution in [0.3, 0.4) is 0 Å². The molecule has 0 unspecified atom stereocenters. The van der Waals surface area contributed by atoms with Crippen molar-refractivity contribution in [1.29, 1.82) is 0 Å². The van der Waals surface area contributed by atoms with Crippen molar-refractivity contribution in [2.45, 2.75) is 38.7 Å². The summed E-state index contributed by atoms with van der Waals surface area (Å²) >= 11 is 0. The van der Waals surface area contributed by atoms with Gasteiger partial charge in [-0.2, -0.15) is 4.98 Å². The molecule has 6 heteroatoms. The lowest BCUT2D eigenvalue weighted by molar-refractivity contribution is -0.146. The molecular weight excluding hydrogens is 224 g/mol. The van der Waals surface area contributed by atoms with Crippen LogP contribution in [0.4, 0.5) is 0 Å². The lowest BCUT2D eigenvalue weighted by Crippen LogP contribution is -2.23. The number of carbonyl (C=O) groups excluding carboxylic acids is 1. The van der Waals surface area contributed by atoms with Crippen LogP contribution >= 0.6 is 0 Å². The van der Waals surface area contributed by atoms with Gasteiger partial charge in [-0.1, -0.05) is 5.16 Å². The maximum absolute atomic E-state index is 11.8. The average molecular weight is 240 g/mol. The Morgan fingerprint density at radius 2 is 2.18 bits per heavy atom. The number of esters is 1.